The molecular formula is C14H21N3O. The van der Waals surface area contributed by atoms with E-state index in [-0.39, 0.29) is 0 Å². The highest BCUT2D eigenvalue weighted by Gasteiger charge is 2.38. The molecule has 3 heterocycles. The molecular weight excluding hydrogens is 226 g/mol. The zero-order chi connectivity index (χ0) is 12.7. The molecule has 0 saturated carbocycles. The molecule has 1 aromatic rings. The largest absolute Gasteiger partial charge is 0.338 e. The number of rotatable bonds is 3. The predicted octanol–water partition coefficient (Wildman–Crippen LogP) is 2.88. The number of fused-ring (bicyclic) bond motifs is 2. The summed E-state index contributed by atoms with van der Waals surface area (Å²) in [6.07, 6.45) is 4.85. The molecule has 0 aliphatic carbocycles. The van der Waals surface area contributed by atoms with E-state index in [2.05, 4.69) is 35.5 Å². The van der Waals surface area contributed by atoms with Crippen LogP contribution < -0.4 is 0 Å². The molecule has 1 aromatic heterocycles. The van der Waals surface area contributed by atoms with Gasteiger partial charge in [0.05, 0.1) is 6.54 Å². The Bertz CT molecular complexity index is 436. The van der Waals surface area contributed by atoms with E-state index >= 15 is 0 Å². The van der Waals surface area contributed by atoms with Gasteiger partial charge in [0.2, 0.25) is 5.89 Å². The van der Waals surface area contributed by atoms with Gasteiger partial charge in [0.15, 0.2) is 5.82 Å². The van der Waals surface area contributed by atoms with Crippen molar-refractivity contribution in [3.05, 3.63) is 23.9 Å². The van der Waals surface area contributed by atoms with E-state index < -0.39 is 0 Å². The summed E-state index contributed by atoms with van der Waals surface area (Å²) in [5, 5.41) is 4.04. The Morgan fingerprint density at radius 2 is 2.00 bits per heavy atom. The summed E-state index contributed by atoms with van der Waals surface area (Å²) < 4.78 is 5.35. The smallest absolute Gasteiger partial charge is 0.240 e. The monoisotopic (exact) mass is 247 g/mol. The van der Waals surface area contributed by atoms with Crippen LogP contribution in [0.2, 0.25) is 0 Å². The molecule has 0 radical (unpaired) electrons. The van der Waals surface area contributed by atoms with E-state index in [1.54, 1.807) is 0 Å². The lowest BCUT2D eigenvalue weighted by Crippen LogP contribution is -2.39. The zero-order valence-electron chi connectivity index (χ0n) is 11.2. The van der Waals surface area contributed by atoms with E-state index in [0.29, 0.717) is 18.0 Å². The van der Waals surface area contributed by atoms with Crippen molar-refractivity contribution in [2.45, 2.75) is 64.1 Å². The molecule has 2 aliphatic rings. The van der Waals surface area contributed by atoms with Gasteiger partial charge in [-0.05, 0) is 25.7 Å². The Hall–Kier alpha value is -1.16. The first kappa shape index (κ1) is 11.9. The molecule has 0 spiro atoms. The van der Waals surface area contributed by atoms with Crippen LogP contribution in [0.1, 0.15) is 57.2 Å². The maximum absolute atomic E-state index is 5.35. The number of aromatic nitrogens is 2. The van der Waals surface area contributed by atoms with Gasteiger partial charge in [-0.1, -0.05) is 31.2 Å². The normalized spacial score (nSPS) is 28.3. The molecule has 4 nitrogen and oxygen atoms in total. The first-order valence-corrected chi connectivity index (χ1v) is 6.88. The van der Waals surface area contributed by atoms with Gasteiger partial charge < -0.3 is 4.52 Å². The van der Waals surface area contributed by atoms with Crippen molar-refractivity contribution in [2.75, 3.05) is 0 Å². The lowest BCUT2D eigenvalue weighted by atomic mass is 9.98. The first-order valence-electron chi connectivity index (χ1n) is 6.88. The summed E-state index contributed by atoms with van der Waals surface area (Å²) >= 11 is 0. The minimum atomic E-state index is 0.334. The third-order valence-electron chi connectivity index (χ3n) is 4.14. The van der Waals surface area contributed by atoms with E-state index in [9.17, 15) is 0 Å². The van der Waals surface area contributed by atoms with Crippen molar-refractivity contribution >= 4 is 0 Å². The number of piperidine rings is 1. The zero-order valence-corrected chi connectivity index (χ0v) is 11.2. The summed E-state index contributed by atoms with van der Waals surface area (Å²) in [6, 6.07) is 1.29. The van der Waals surface area contributed by atoms with Gasteiger partial charge in [0.1, 0.15) is 0 Å². The van der Waals surface area contributed by atoms with Crippen LogP contribution in [0.25, 0.3) is 0 Å². The van der Waals surface area contributed by atoms with Gasteiger partial charge >= 0.3 is 0 Å². The molecule has 2 saturated heterocycles. The molecule has 0 aromatic carbocycles. The van der Waals surface area contributed by atoms with Crippen LogP contribution in [0.5, 0.6) is 0 Å². The fourth-order valence-electron chi connectivity index (χ4n) is 3.18. The van der Waals surface area contributed by atoms with Gasteiger partial charge in [-0.2, -0.15) is 4.98 Å². The van der Waals surface area contributed by atoms with E-state index in [1.807, 2.05) is 0 Å². The van der Waals surface area contributed by atoms with E-state index in [0.717, 1.165) is 31.1 Å². The third kappa shape index (κ3) is 2.09. The highest BCUT2D eigenvalue weighted by Crippen LogP contribution is 2.38. The standard InChI is InChI=1S/C14H21N3O/c1-9(2)14-15-13(18-16-14)8-17-11-4-5-12(17)7-10(3)6-11/h9,11-12H,3-8H2,1-2H3. The quantitative estimate of drug-likeness (QED) is 0.770. The molecule has 2 aliphatic heterocycles. The Kier molecular flexibility index (Phi) is 2.98. The summed E-state index contributed by atoms with van der Waals surface area (Å²) in [5.41, 5.74) is 1.41. The van der Waals surface area contributed by atoms with Gasteiger partial charge in [-0.3, -0.25) is 4.90 Å². The average molecular weight is 247 g/mol. The molecule has 2 fully saturated rings. The lowest BCUT2D eigenvalue weighted by molar-refractivity contribution is 0.138. The molecule has 2 atom stereocenters. The number of nitrogens with zero attached hydrogens (tertiary/aromatic N) is 3. The van der Waals surface area contributed by atoms with Crippen LogP contribution in [-0.4, -0.2) is 27.1 Å². The fraction of sp³-hybridized carbons (Fsp3) is 0.714. The Morgan fingerprint density at radius 1 is 1.33 bits per heavy atom. The molecule has 2 bridgehead atoms. The van der Waals surface area contributed by atoms with Crippen LogP contribution in [0.15, 0.2) is 16.7 Å². The van der Waals surface area contributed by atoms with E-state index in [4.69, 9.17) is 4.52 Å². The van der Waals surface area contributed by atoms with E-state index in [1.165, 1.54) is 18.4 Å². The van der Waals surface area contributed by atoms with Crippen molar-refractivity contribution < 1.29 is 4.52 Å². The van der Waals surface area contributed by atoms with Crippen LogP contribution >= 0.6 is 0 Å². The first-order chi connectivity index (χ1) is 8.63. The van der Waals surface area contributed by atoms with Gasteiger partial charge in [0.25, 0.3) is 0 Å². The molecule has 98 valence electrons. The molecule has 0 amide bonds. The summed E-state index contributed by atoms with van der Waals surface area (Å²) in [4.78, 5) is 7.01. The Morgan fingerprint density at radius 3 is 2.56 bits per heavy atom. The van der Waals surface area contributed by atoms with Crippen LogP contribution in [0.4, 0.5) is 0 Å². The summed E-state index contributed by atoms with van der Waals surface area (Å²) in [7, 11) is 0. The Balaban J connectivity index is 1.71. The van der Waals surface area contributed by atoms with Crippen molar-refractivity contribution in [1.29, 1.82) is 0 Å². The highest BCUT2D eigenvalue weighted by molar-refractivity contribution is 5.11. The number of hydrogen-bond acceptors (Lipinski definition) is 4. The van der Waals surface area contributed by atoms with Gasteiger partial charge in [-0.15, -0.1) is 0 Å². The molecule has 18 heavy (non-hydrogen) atoms. The van der Waals surface area contributed by atoms with Crippen LogP contribution in [0.3, 0.4) is 0 Å². The second-order valence-corrected chi connectivity index (χ2v) is 5.92. The predicted molar refractivity (Wildman–Crippen MR) is 69.1 cm³/mol. The maximum atomic E-state index is 5.35. The maximum Gasteiger partial charge on any atom is 0.240 e. The summed E-state index contributed by atoms with van der Waals surface area (Å²) in [5.74, 6) is 1.92. The van der Waals surface area contributed by atoms with Crippen molar-refractivity contribution in [1.82, 2.24) is 15.0 Å². The Labute approximate surface area is 108 Å². The number of hydrogen-bond donors (Lipinski definition) is 0. The second-order valence-electron chi connectivity index (χ2n) is 5.92. The lowest BCUT2D eigenvalue weighted by Gasteiger charge is -2.34. The molecule has 0 N–H and O–H groups in total. The van der Waals surface area contributed by atoms with Crippen LogP contribution in [0, 0.1) is 0 Å². The van der Waals surface area contributed by atoms with Gasteiger partial charge in [0, 0.05) is 18.0 Å². The topological polar surface area (TPSA) is 42.2 Å². The van der Waals surface area contributed by atoms with Crippen molar-refractivity contribution in [2.24, 2.45) is 0 Å². The highest BCUT2D eigenvalue weighted by atomic mass is 16.5. The molecule has 2 unspecified atom stereocenters. The molecule has 4 heteroatoms. The van der Waals surface area contributed by atoms with Crippen molar-refractivity contribution in [3.63, 3.8) is 0 Å². The average Bonchev–Trinajstić information content (AvgIpc) is 2.85. The molecule has 3 rings (SSSR count). The minimum absolute atomic E-state index is 0.334. The van der Waals surface area contributed by atoms with Crippen molar-refractivity contribution in [3.8, 4) is 0 Å². The minimum Gasteiger partial charge on any atom is -0.338 e. The SMILES string of the molecule is C=C1CC2CCC(C1)N2Cc1nc(C(C)C)no1. The van der Waals surface area contributed by atoms with Crippen LogP contribution in [-0.2, 0) is 6.54 Å². The third-order valence-corrected chi connectivity index (χ3v) is 4.14. The second kappa shape index (κ2) is 4.50. The van der Waals surface area contributed by atoms with Gasteiger partial charge in [-0.25, -0.2) is 0 Å². The summed E-state index contributed by atoms with van der Waals surface area (Å²) in [6.45, 7) is 9.13. The fourth-order valence-corrected chi connectivity index (χ4v) is 3.18.